The van der Waals surface area contributed by atoms with E-state index in [9.17, 15) is 17.6 Å². The Hall–Kier alpha value is -1.10. The Morgan fingerprint density at radius 2 is 1.84 bits per heavy atom. The van der Waals surface area contributed by atoms with Gasteiger partial charge in [0.25, 0.3) is 0 Å². The maximum absolute atomic E-state index is 14.0. The molecule has 1 aliphatic heterocycles. The van der Waals surface area contributed by atoms with Gasteiger partial charge in [0, 0.05) is 0 Å². The Balaban J connectivity index is 2.29. The van der Waals surface area contributed by atoms with Crippen molar-refractivity contribution in [3.63, 3.8) is 0 Å². The van der Waals surface area contributed by atoms with Crippen molar-refractivity contribution in [1.82, 2.24) is 5.32 Å². The van der Waals surface area contributed by atoms with Crippen LogP contribution in [0.4, 0.5) is 17.6 Å². The van der Waals surface area contributed by atoms with E-state index in [4.69, 9.17) is 0 Å². The molecule has 1 N–H and O–H groups in total. The molecule has 0 spiro atoms. The number of benzene rings is 1. The lowest BCUT2D eigenvalue weighted by molar-refractivity contribution is -0.140. The minimum absolute atomic E-state index is 0.182. The first-order valence-corrected chi connectivity index (χ1v) is 6.47. The second-order valence-electron chi connectivity index (χ2n) is 5.08. The van der Waals surface area contributed by atoms with Gasteiger partial charge < -0.3 is 5.32 Å². The first-order valence-electron chi connectivity index (χ1n) is 6.47. The fourth-order valence-electron chi connectivity index (χ4n) is 2.72. The summed E-state index contributed by atoms with van der Waals surface area (Å²) in [6.45, 7) is 3.50. The molecule has 0 bridgehead atoms. The quantitative estimate of drug-likeness (QED) is 0.806. The van der Waals surface area contributed by atoms with Crippen LogP contribution >= 0.6 is 0 Å². The molecule has 19 heavy (non-hydrogen) atoms. The van der Waals surface area contributed by atoms with Crippen molar-refractivity contribution in [2.75, 3.05) is 13.1 Å². The number of rotatable bonds is 2. The molecular weight excluding hydrogens is 258 g/mol. The lowest BCUT2D eigenvalue weighted by Gasteiger charge is -2.29. The summed E-state index contributed by atoms with van der Waals surface area (Å²) in [5.41, 5.74) is -0.979. The maximum atomic E-state index is 14.0. The molecule has 1 saturated heterocycles. The minimum Gasteiger partial charge on any atom is -0.317 e. The van der Waals surface area contributed by atoms with Crippen LogP contribution in [0.3, 0.4) is 0 Å². The van der Waals surface area contributed by atoms with Crippen molar-refractivity contribution in [3.05, 3.63) is 35.1 Å². The summed E-state index contributed by atoms with van der Waals surface area (Å²) in [5, 5.41) is 3.20. The Morgan fingerprint density at radius 3 is 2.42 bits per heavy atom. The van der Waals surface area contributed by atoms with Crippen LogP contribution in [-0.4, -0.2) is 13.1 Å². The molecule has 1 unspecified atom stereocenters. The van der Waals surface area contributed by atoms with Gasteiger partial charge >= 0.3 is 6.18 Å². The van der Waals surface area contributed by atoms with E-state index < -0.39 is 17.6 Å². The summed E-state index contributed by atoms with van der Waals surface area (Å²) in [4.78, 5) is 0. The molecule has 1 aromatic carbocycles. The van der Waals surface area contributed by atoms with Crippen molar-refractivity contribution in [2.45, 2.75) is 31.9 Å². The molecule has 2 rings (SSSR count). The molecule has 0 aliphatic carbocycles. The van der Waals surface area contributed by atoms with Gasteiger partial charge in [-0.1, -0.05) is 19.1 Å². The zero-order valence-corrected chi connectivity index (χ0v) is 10.7. The molecule has 0 saturated carbocycles. The molecule has 1 atom stereocenters. The standard InChI is InChI=1S/C14H17F4N/c1-9(10-5-7-19-8-6-10)11-3-2-4-12(13(11)15)14(16,17)18/h2-4,9-10,19H,5-8H2,1H3. The second-order valence-corrected chi connectivity index (χ2v) is 5.08. The van der Waals surface area contributed by atoms with Gasteiger partial charge in [-0.3, -0.25) is 0 Å². The van der Waals surface area contributed by atoms with Gasteiger partial charge in [-0.05, 0) is 49.4 Å². The second kappa shape index (κ2) is 5.49. The summed E-state index contributed by atoms with van der Waals surface area (Å²) in [5.74, 6) is -1.07. The summed E-state index contributed by atoms with van der Waals surface area (Å²) in [6, 6.07) is 3.56. The van der Waals surface area contributed by atoms with Gasteiger partial charge in [-0.2, -0.15) is 13.2 Å². The van der Waals surface area contributed by atoms with Gasteiger partial charge in [0.05, 0.1) is 5.56 Å². The van der Waals surface area contributed by atoms with Crippen LogP contribution in [0, 0.1) is 11.7 Å². The van der Waals surface area contributed by atoms with E-state index in [2.05, 4.69) is 5.32 Å². The highest BCUT2D eigenvalue weighted by Crippen LogP contribution is 2.37. The summed E-state index contributed by atoms with van der Waals surface area (Å²) in [7, 11) is 0. The number of nitrogens with one attached hydrogen (secondary N) is 1. The number of halogens is 4. The van der Waals surface area contributed by atoms with E-state index in [1.807, 2.05) is 6.92 Å². The normalized spacial score (nSPS) is 19.4. The fourth-order valence-corrected chi connectivity index (χ4v) is 2.72. The molecule has 0 radical (unpaired) electrons. The van der Waals surface area contributed by atoms with Crippen molar-refractivity contribution in [3.8, 4) is 0 Å². The third-order valence-corrected chi connectivity index (χ3v) is 3.92. The predicted molar refractivity (Wildman–Crippen MR) is 65.4 cm³/mol. The van der Waals surface area contributed by atoms with Crippen LogP contribution in [0.1, 0.15) is 36.8 Å². The minimum atomic E-state index is -4.63. The first-order chi connectivity index (χ1) is 8.91. The molecule has 1 aromatic rings. The highest BCUT2D eigenvalue weighted by Gasteiger charge is 2.36. The van der Waals surface area contributed by atoms with E-state index in [-0.39, 0.29) is 17.4 Å². The maximum Gasteiger partial charge on any atom is 0.419 e. The Labute approximate surface area is 110 Å². The molecule has 1 heterocycles. The smallest absolute Gasteiger partial charge is 0.317 e. The van der Waals surface area contributed by atoms with Crippen molar-refractivity contribution in [1.29, 1.82) is 0 Å². The molecule has 1 fully saturated rings. The molecule has 106 valence electrons. The van der Waals surface area contributed by atoms with E-state index >= 15 is 0 Å². The monoisotopic (exact) mass is 275 g/mol. The largest absolute Gasteiger partial charge is 0.419 e. The van der Waals surface area contributed by atoms with Gasteiger partial charge in [-0.25, -0.2) is 4.39 Å². The number of hydrogen-bond acceptors (Lipinski definition) is 1. The van der Waals surface area contributed by atoms with Gasteiger partial charge in [0.2, 0.25) is 0 Å². The van der Waals surface area contributed by atoms with Crippen molar-refractivity contribution >= 4 is 0 Å². The first kappa shape index (κ1) is 14.3. The van der Waals surface area contributed by atoms with Gasteiger partial charge in [-0.15, -0.1) is 0 Å². The predicted octanol–water partition coefficient (Wildman–Crippen LogP) is 3.95. The van der Waals surface area contributed by atoms with E-state index in [1.165, 1.54) is 12.1 Å². The van der Waals surface area contributed by atoms with E-state index in [1.54, 1.807) is 0 Å². The average Bonchev–Trinajstić information content (AvgIpc) is 2.38. The van der Waals surface area contributed by atoms with Gasteiger partial charge in [0.15, 0.2) is 0 Å². The zero-order valence-electron chi connectivity index (χ0n) is 10.7. The average molecular weight is 275 g/mol. The number of piperidine rings is 1. The summed E-state index contributed by atoms with van der Waals surface area (Å²) in [6.07, 6.45) is -2.89. The van der Waals surface area contributed by atoms with E-state index in [0.29, 0.717) is 0 Å². The van der Waals surface area contributed by atoms with Crippen LogP contribution in [0.5, 0.6) is 0 Å². The van der Waals surface area contributed by atoms with Crippen LogP contribution in [-0.2, 0) is 6.18 Å². The van der Waals surface area contributed by atoms with Crippen molar-refractivity contribution < 1.29 is 17.6 Å². The molecule has 1 aliphatic rings. The zero-order chi connectivity index (χ0) is 14.0. The lowest BCUT2D eigenvalue weighted by Crippen LogP contribution is -2.30. The third kappa shape index (κ3) is 3.08. The van der Waals surface area contributed by atoms with Crippen molar-refractivity contribution in [2.24, 2.45) is 5.92 Å². The Morgan fingerprint density at radius 1 is 1.21 bits per heavy atom. The molecule has 5 heteroatoms. The Kier molecular flexibility index (Phi) is 4.13. The lowest BCUT2D eigenvalue weighted by atomic mass is 9.81. The Bertz CT molecular complexity index is 436. The van der Waals surface area contributed by atoms with E-state index in [0.717, 1.165) is 32.0 Å². The SMILES string of the molecule is CC(c1cccc(C(F)(F)F)c1F)C1CCNCC1. The van der Waals surface area contributed by atoms with Crippen LogP contribution in [0.2, 0.25) is 0 Å². The number of alkyl halides is 3. The number of hydrogen-bond donors (Lipinski definition) is 1. The topological polar surface area (TPSA) is 12.0 Å². The molecule has 0 amide bonds. The molecular formula is C14H17F4N. The highest BCUT2D eigenvalue weighted by molar-refractivity contribution is 5.30. The third-order valence-electron chi connectivity index (χ3n) is 3.92. The summed E-state index contributed by atoms with van der Waals surface area (Å²) >= 11 is 0. The summed E-state index contributed by atoms with van der Waals surface area (Å²) < 4.78 is 52.1. The van der Waals surface area contributed by atoms with Crippen LogP contribution < -0.4 is 5.32 Å². The van der Waals surface area contributed by atoms with Crippen LogP contribution in [0.15, 0.2) is 18.2 Å². The molecule has 1 nitrogen and oxygen atoms in total. The van der Waals surface area contributed by atoms with Crippen LogP contribution in [0.25, 0.3) is 0 Å². The van der Waals surface area contributed by atoms with Gasteiger partial charge in [0.1, 0.15) is 5.82 Å². The highest BCUT2D eigenvalue weighted by atomic mass is 19.4. The molecule has 0 aromatic heterocycles. The fraction of sp³-hybridized carbons (Fsp3) is 0.571.